The molecule has 0 bridgehead atoms. The van der Waals surface area contributed by atoms with Gasteiger partial charge in [-0.1, -0.05) is 0 Å². The zero-order chi connectivity index (χ0) is 8.89. The maximum absolute atomic E-state index is 11.5. The molecule has 0 atom stereocenters. The van der Waals surface area contributed by atoms with E-state index in [-0.39, 0.29) is 11.4 Å². The second kappa shape index (κ2) is 2.02. The molecule has 1 fully saturated rings. The molecule has 2 N–H and O–H groups in total. The topological polar surface area (TPSA) is 54.0 Å². The second-order valence-corrected chi connectivity index (χ2v) is 3.56. The monoisotopic (exact) mass is 175 g/mol. The number of nitrogens with one attached hydrogen (secondary N) is 2. The number of carbonyl (C=O) groups excluding carboxylic acids is 1. The molecule has 66 valence electrons. The van der Waals surface area contributed by atoms with Gasteiger partial charge in [0.05, 0.1) is 5.69 Å². The van der Waals surface area contributed by atoms with Crippen LogP contribution >= 0.6 is 0 Å². The fourth-order valence-electron chi connectivity index (χ4n) is 1.61. The number of aromatic nitrogens is 1. The lowest BCUT2D eigenvalue weighted by Crippen LogP contribution is -2.41. The summed E-state index contributed by atoms with van der Waals surface area (Å²) in [6, 6.07) is 3.66. The molecule has 2 heterocycles. The van der Waals surface area contributed by atoms with Gasteiger partial charge in [-0.25, -0.2) is 4.98 Å². The van der Waals surface area contributed by atoms with Crippen LogP contribution in [0, 0.1) is 0 Å². The molecule has 1 aliphatic heterocycles. The highest BCUT2D eigenvalue weighted by molar-refractivity contribution is 6.07. The van der Waals surface area contributed by atoms with Gasteiger partial charge < -0.3 is 10.6 Å². The largest absolute Gasteiger partial charge is 0.354 e. The molecule has 1 spiro atoms. The first-order chi connectivity index (χ1) is 6.30. The Labute approximate surface area is 75.4 Å². The molecule has 0 unspecified atom stereocenters. The Morgan fingerprint density at radius 1 is 1.46 bits per heavy atom. The zero-order valence-corrected chi connectivity index (χ0v) is 7.00. The van der Waals surface area contributed by atoms with Crippen LogP contribution in [-0.2, 0) is 4.79 Å². The van der Waals surface area contributed by atoms with Crippen molar-refractivity contribution in [1.82, 2.24) is 4.98 Å². The Hall–Kier alpha value is -1.58. The minimum atomic E-state index is -0.332. The first kappa shape index (κ1) is 6.88. The molecule has 13 heavy (non-hydrogen) atoms. The number of nitrogens with zero attached hydrogens (tertiary/aromatic N) is 1. The molecule has 3 rings (SSSR count). The van der Waals surface area contributed by atoms with Crippen molar-refractivity contribution in [2.45, 2.75) is 18.4 Å². The fraction of sp³-hybridized carbons (Fsp3) is 0.333. The van der Waals surface area contributed by atoms with Crippen LogP contribution in [0.25, 0.3) is 0 Å². The normalized spacial score (nSPS) is 21.7. The van der Waals surface area contributed by atoms with Crippen molar-refractivity contribution < 1.29 is 4.79 Å². The predicted molar refractivity (Wildman–Crippen MR) is 48.5 cm³/mol. The standard InChI is InChI=1S/C9H9N3O/c13-8-9(3-4-9)12-7-6(11-8)2-1-5-10-7/h1-2,5H,3-4H2,(H,10,12)(H,11,13). The summed E-state index contributed by atoms with van der Waals surface area (Å²) in [5.41, 5.74) is 0.450. The van der Waals surface area contributed by atoms with Crippen LogP contribution < -0.4 is 10.6 Å². The lowest BCUT2D eigenvalue weighted by Gasteiger charge is -2.25. The third kappa shape index (κ3) is 0.854. The minimum absolute atomic E-state index is 0.0769. The van der Waals surface area contributed by atoms with E-state index in [2.05, 4.69) is 15.6 Å². The molecule has 1 aromatic rings. The summed E-state index contributed by atoms with van der Waals surface area (Å²) in [4.78, 5) is 15.7. The first-order valence-corrected chi connectivity index (χ1v) is 4.35. The van der Waals surface area contributed by atoms with Crippen LogP contribution in [0.15, 0.2) is 18.3 Å². The molecule has 1 saturated carbocycles. The molecule has 0 radical (unpaired) electrons. The summed E-state index contributed by atoms with van der Waals surface area (Å²) >= 11 is 0. The summed E-state index contributed by atoms with van der Waals surface area (Å²) < 4.78 is 0. The van der Waals surface area contributed by atoms with Gasteiger partial charge in [0, 0.05) is 6.20 Å². The van der Waals surface area contributed by atoms with Crippen LogP contribution in [0.4, 0.5) is 11.5 Å². The maximum atomic E-state index is 11.5. The van der Waals surface area contributed by atoms with E-state index in [0.29, 0.717) is 0 Å². The lowest BCUT2D eigenvalue weighted by molar-refractivity contribution is -0.117. The third-order valence-electron chi connectivity index (χ3n) is 2.60. The number of pyridine rings is 1. The quantitative estimate of drug-likeness (QED) is 0.618. The van der Waals surface area contributed by atoms with Crippen molar-refractivity contribution in [2.75, 3.05) is 10.6 Å². The summed E-state index contributed by atoms with van der Waals surface area (Å²) in [5, 5.41) is 6.02. The molecule has 4 heteroatoms. The van der Waals surface area contributed by atoms with E-state index in [1.807, 2.05) is 12.1 Å². The van der Waals surface area contributed by atoms with E-state index in [1.165, 1.54) is 0 Å². The van der Waals surface area contributed by atoms with Crippen LogP contribution in [0.3, 0.4) is 0 Å². The van der Waals surface area contributed by atoms with Gasteiger partial charge in [-0.05, 0) is 25.0 Å². The van der Waals surface area contributed by atoms with Gasteiger partial charge in [-0.3, -0.25) is 4.79 Å². The molecule has 0 aromatic carbocycles. The van der Waals surface area contributed by atoms with E-state index in [4.69, 9.17) is 0 Å². The number of anilines is 2. The second-order valence-electron chi connectivity index (χ2n) is 3.56. The van der Waals surface area contributed by atoms with Crippen molar-refractivity contribution in [3.63, 3.8) is 0 Å². The minimum Gasteiger partial charge on any atom is -0.354 e. The van der Waals surface area contributed by atoms with Crippen molar-refractivity contribution in [2.24, 2.45) is 0 Å². The Kier molecular flexibility index (Phi) is 1.07. The van der Waals surface area contributed by atoms with Crippen molar-refractivity contribution >= 4 is 17.4 Å². The summed E-state index contributed by atoms with van der Waals surface area (Å²) in [7, 11) is 0. The van der Waals surface area contributed by atoms with Gasteiger partial charge in [-0.2, -0.15) is 0 Å². The summed E-state index contributed by atoms with van der Waals surface area (Å²) in [6.45, 7) is 0. The van der Waals surface area contributed by atoms with Crippen LogP contribution in [0.2, 0.25) is 0 Å². The average Bonchev–Trinajstić information content (AvgIpc) is 2.88. The average molecular weight is 175 g/mol. The molecular weight excluding hydrogens is 166 g/mol. The van der Waals surface area contributed by atoms with Crippen LogP contribution in [0.1, 0.15) is 12.8 Å². The molecular formula is C9H9N3O. The van der Waals surface area contributed by atoms with Gasteiger partial charge in [0.1, 0.15) is 5.54 Å². The summed E-state index contributed by atoms with van der Waals surface area (Å²) in [6.07, 6.45) is 3.54. The Morgan fingerprint density at radius 3 is 3.08 bits per heavy atom. The van der Waals surface area contributed by atoms with Crippen molar-refractivity contribution in [1.29, 1.82) is 0 Å². The number of amides is 1. The molecule has 0 saturated heterocycles. The Balaban J connectivity index is 2.07. The smallest absolute Gasteiger partial charge is 0.250 e. The predicted octanol–water partition coefficient (Wildman–Crippen LogP) is 0.978. The lowest BCUT2D eigenvalue weighted by atomic mass is 10.2. The number of rotatable bonds is 0. The molecule has 2 aliphatic rings. The van der Waals surface area contributed by atoms with E-state index in [1.54, 1.807) is 6.20 Å². The first-order valence-electron chi connectivity index (χ1n) is 4.35. The van der Waals surface area contributed by atoms with E-state index < -0.39 is 0 Å². The molecule has 1 aliphatic carbocycles. The number of fused-ring (bicyclic) bond motifs is 1. The molecule has 1 aromatic heterocycles. The number of hydrogen-bond acceptors (Lipinski definition) is 3. The molecule has 4 nitrogen and oxygen atoms in total. The van der Waals surface area contributed by atoms with Crippen LogP contribution in [0.5, 0.6) is 0 Å². The van der Waals surface area contributed by atoms with E-state index in [0.717, 1.165) is 24.3 Å². The van der Waals surface area contributed by atoms with E-state index in [9.17, 15) is 4.79 Å². The van der Waals surface area contributed by atoms with Crippen molar-refractivity contribution in [3.8, 4) is 0 Å². The Morgan fingerprint density at radius 2 is 2.31 bits per heavy atom. The van der Waals surface area contributed by atoms with Gasteiger partial charge in [0.15, 0.2) is 5.82 Å². The highest BCUT2D eigenvalue weighted by Gasteiger charge is 2.52. The van der Waals surface area contributed by atoms with Crippen LogP contribution in [-0.4, -0.2) is 16.4 Å². The SMILES string of the molecule is O=C1Nc2cccnc2NC12CC2. The highest BCUT2D eigenvalue weighted by Crippen LogP contribution is 2.43. The van der Waals surface area contributed by atoms with Gasteiger partial charge >= 0.3 is 0 Å². The fourth-order valence-corrected chi connectivity index (χ4v) is 1.61. The van der Waals surface area contributed by atoms with E-state index >= 15 is 0 Å². The summed E-state index contributed by atoms with van der Waals surface area (Å²) in [5.74, 6) is 0.868. The van der Waals surface area contributed by atoms with Gasteiger partial charge in [-0.15, -0.1) is 0 Å². The number of carbonyl (C=O) groups is 1. The number of hydrogen-bond donors (Lipinski definition) is 2. The van der Waals surface area contributed by atoms with Gasteiger partial charge in [0.25, 0.3) is 0 Å². The molecule has 1 amide bonds. The maximum Gasteiger partial charge on any atom is 0.250 e. The van der Waals surface area contributed by atoms with Crippen molar-refractivity contribution in [3.05, 3.63) is 18.3 Å². The Bertz CT molecular complexity index is 384. The third-order valence-corrected chi connectivity index (χ3v) is 2.60. The highest BCUT2D eigenvalue weighted by atomic mass is 16.2. The van der Waals surface area contributed by atoms with Gasteiger partial charge in [0.2, 0.25) is 5.91 Å². The zero-order valence-electron chi connectivity index (χ0n) is 7.00.